The largest absolute Gasteiger partial charge is 0.300 e. The van der Waals surface area contributed by atoms with E-state index in [0.29, 0.717) is 0 Å². The fraction of sp³-hybridized carbons (Fsp3) is 0. The second-order valence-corrected chi connectivity index (χ2v) is 6.84. The Labute approximate surface area is 131 Å². The number of carbonyl (C=O) groups excluding carboxylic acids is 1. The van der Waals surface area contributed by atoms with Gasteiger partial charge in [-0.3, -0.25) is 9.69 Å². The first-order valence-electron chi connectivity index (χ1n) is 6.58. The molecule has 21 heavy (non-hydrogen) atoms. The minimum absolute atomic E-state index is 0.748. The van der Waals surface area contributed by atoms with Gasteiger partial charge in [0.2, 0.25) is 0 Å². The topological polar surface area (TPSA) is 20.3 Å². The van der Waals surface area contributed by atoms with E-state index in [4.69, 9.17) is 0 Å². The summed E-state index contributed by atoms with van der Waals surface area (Å²) in [5, 5.41) is 1.07. The van der Waals surface area contributed by atoms with E-state index in [2.05, 4.69) is 53.4 Å². The van der Waals surface area contributed by atoms with Crippen LogP contribution < -0.4 is 4.90 Å². The van der Waals surface area contributed by atoms with Crippen molar-refractivity contribution < 1.29 is 4.79 Å². The Kier molecular flexibility index (Phi) is 3.05. The van der Waals surface area contributed by atoms with E-state index in [1.54, 1.807) is 11.8 Å². The fourth-order valence-corrected chi connectivity index (χ4v) is 4.38. The molecular weight excluding hydrogens is 298 g/mol. The van der Waals surface area contributed by atoms with E-state index in [1.165, 1.54) is 32.5 Å². The molecule has 2 nitrogen and oxygen atoms in total. The number of thiophene rings is 1. The molecule has 0 aliphatic carbocycles. The highest BCUT2D eigenvalue weighted by Crippen LogP contribution is 2.52. The molecule has 1 aromatic heterocycles. The number of para-hydroxylation sites is 2. The Balaban J connectivity index is 1.94. The van der Waals surface area contributed by atoms with Gasteiger partial charge in [-0.1, -0.05) is 36.0 Å². The zero-order valence-corrected chi connectivity index (χ0v) is 12.7. The van der Waals surface area contributed by atoms with Gasteiger partial charge < -0.3 is 0 Å². The molecule has 0 saturated carbocycles. The van der Waals surface area contributed by atoms with Gasteiger partial charge >= 0.3 is 0 Å². The smallest absolute Gasteiger partial charge is 0.160 e. The zero-order chi connectivity index (χ0) is 14.2. The van der Waals surface area contributed by atoms with Gasteiger partial charge in [-0.15, -0.1) is 11.3 Å². The monoisotopic (exact) mass is 309 g/mol. The van der Waals surface area contributed by atoms with Crippen molar-refractivity contribution in [1.29, 1.82) is 0 Å². The third-order valence-electron chi connectivity index (χ3n) is 3.38. The van der Waals surface area contributed by atoms with Crippen molar-refractivity contribution in [3.8, 4) is 0 Å². The normalized spacial score (nSPS) is 12.7. The molecule has 0 unspecified atom stereocenters. The number of carbonyl (C=O) groups is 1. The highest BCUT2D eigenvalue weighted by Gasteiger charge is 2.24. The molecule has 1 aliphatic rings. The maximum absolute atomic E-state index is 11.0. The molecule has 2 heterocycles. The number of hydrogen-bond donors (Lipinski definition) is 0. The summed E-state index contributed by atoms with van der Waals surface area (Å²) in [6, 6.07) is 20.6. The lowest BCUT2D eigenvalue weighted by Gasteiger charge is -2.31. The molecule has 3 aromatic rings. The van der Waals surface area contributed by atoms with Gasteiger partial charge in [0.05, 0.1) is 16.3 Å². The van der Waals surface area contributed by atoms with Crippen molar-refractivity contribution in [2.45, 2.75) is 9.79 Å². The van der Waals surface area contributed by atoms with Crippen LogP contribution in [0, 0.1) is 0 Å². The number of aldehydes is 1. The molecule has 4 rings (SSSR count). The van der Waals surface area contributed by atoms with E-state index in [-0.39, 0.29) is 0 Å². The summed E-state index contributed by atoms with van der Waals surface area (Å²) >= 11 is 3.30. The van der Waals surface area contributed by atoms with E-state index < -0.39 is 0 Å². The standard InChI is InChI=1S/C17H11NOS2/c19-11-12-9-10-17(20-12)18-13-5-1-3-7-15(13)21-16-8-4-2-6-14(16)18/h1-11H. The Morgan fingerprint density at radius 2 is 1.43 bits per heavy atom. The lowest BCUT2D eigenvalue weighted by molar-refractivity contribution is 0.112. The summed E-state index contributed by atoms with van der Waals surface area (Å²) in [6.07, 6.45) is 0.907. The average Bonchev–Trinajstić information content (AvgIpc) is 3.01. The Bertz CT molecular complexity index is 779. The van der Waals surface area contributed by atoms with Gasteiger partial charge in [-0.25, -0.2) is 0 Å². The summed E-state index contributed by atoms with van der Waals surface area (Å²) in [5.41, 5.74) is 2.33. The molecule has 0 bridgehead atoms. The maximum atomic E-state index is 11.0. The minimum atomic E-state index is 0.748. The number of benzene rings is 2. The van der Waals surface area contributed by atoms with Crippen LogP contribution in [0.25, 0.3) is 0 Å². The minimum Gasteiger partial charge on any atom is -0.300 e. The number of fused-ring (bicyclic) bond motifs is 2. The van der Waals surface area contributed by atoms with Crippen molar-refractivity contribution in [2.24, 2.45) is 0 Å². The highest BCUT2D eigenvalue weighted by molar-refractivity contribution is 7.99. The molecule has 0 N–H and O–H groups in total. The van der Waals surface area contributed by atoms with Crippen molar-refractivity contribution in [1.82, 2.24) is 0 Å². The molecule has 0 radical (unpaired) electrons. The number of nitrogens with zero attached hydrogens (tertiary/aromatic N) is 1. The number of hydrogen-bond acceptors (Lipinski definition) is 4. The van der Waals surface area contributed by atoms with Gasteiger partial charge in [0, 0.05) is 9.79 Å². The molecule has 0 atom stereocenters. The third kappa shape index (κ3) is 2.07. The molecule has 0 saturated heterocycles. The predicted octanol–water partition coefficient (Wildman–Crippen LogP) is 5.50. The SMILES string of the molecule is O=Cc1ccc(N2c3ccccc3Sc3ccccc32)s1. The maximum Gasteiger partial charge on any atom is 0.160 e. The van der Waals surface area contributed by atoms with Crippen LogP contribution in [0.5, 0.6) is 0 Å². The van der Waals surface area contributed by atoms with Gasteiger partial charge in [0.25, 0.3) is 0 Å². The fourth-order valence-electron chi connectivity index (χ4n) is 2.47. The van der Waals surface area contributed by atoms with E-state index in [9.17, 15) is 4.79 Å². The summed E-state index contributed by atoms with van der Waals surface area (Å²) in [5.74, 6) is 0. The van der Waals surface area contributed by atoms with E-state index in [0.717, 1.165) is 16.2 Å². The number of rotatable bonds is 2. The van der Waals surface area contributed by atoms with Crippen molar-refractivity contribution in [3.63, 3.8) is 0 Å². The molecule has 2 aromatic carbocycles. The van der Waals surface area contributed by atoms with Crippen LogP contribution in [0.15, 0.2) is 70.5 Å². The Hall–Kier alpha value is -2.04. The van der Waals surface area contributed by atoms with Crippen LogP contribution in [-0.2, 0) is 0 Å². The average molecular weight is 309 g/mol. The van der Waals surface area contributed by atoms with Gasteiger partial charge in [-0.05, 0) is 36.4 Å². The summed E-state index contributed by atoms with van der Waals surface area (Å²) in [7, 11) is 0. The van der Waals surface area contributed by atoms with Crippen LogP contribution in [0.3, 0.4) is 0 Å². The summed E-state index contributed by atoms with van der Waals surface area (Å²) < 4.78 is 0. The molecule has 102 valence electrons. The first-order chi connectivity index (χ1) is 10.4. The van der Waals surface area contributed by atoms with Crippen LogP contribution in [0.1, 0.15) is 9.67 Å². The lowest BCUT2D eigenvalue weighted by atomic mass is 10.2. The molecule has 0 spiro atoms. The molecule has 1 aliphatic heterocycles. The lowest BCUT2D eigenvalue weighted by Crippen LogP contribution is -2.13. The second-order valence-electron chi connectivity index (χ2n) is 4.67. The van der Waals surface area contributed by atoms with E-state index in [1.807, 2.05) is 12.1 Å². The van der Waals surface area contributed by atoms with Gasteiger partial charge in [0.15, 0.2) is 6.29 Å². The summed E-state index contributed by atoms with van der Waals surface area (Å²) in [4.78, 5) is 16.4. The predicted molar refractivity (Wildman–Crippen MR) is 88.5 cm³/mol. The Morgan fingerprint density at radius 3 is 2.00 bits per heavy atom. The van der Waals surface area contributed by atoms with E-state index >= 15 is 0 Å². The first-order valence-corrected chi connectivity index (χ1v) is 8.21. The van der Waals surface area contributed by atoms with Crippen molar-refractivity contribution in [2.75, 3.05) is 4.90 Å². The third-order valence-corrected chi connectivity index (χ3v) is 5.51. The van der Waals surface area contributed by atoms with Crippen molar-refractivity contribution in [3.05, 3.63) is 65.5 Å². The number of anilines is 3. The van der Waals surface area contributed by atoms with Gasteiger partial charge in [-0.2, -0.15) is 0 Å². The molecule has 0 amide bonds. The van der Waals surface area contributed by atoms with Gasteiger partial charge in [0.1, 0.15) is 5.00 Å². The van der Waals surface area contributed by atoms with Crippen LogP contribution in [0.2, 0.25) is 0 Å². The molecular formula is C17H11NOS2. The highest BCUT2D eigenvalue weighted by atomic mass is 32.2. The Morgan fingerprint density at radius 1 is 0.810 bits per heavy atom. The van der Waals surface area contributed by atoms with Crippen LogP contribution in [-0.4, -0.2) is 6.29 Å². The first kappa shape index (κ1) is 12.7. The zero-order valence-electron chi connectivity index (χ0n) is 11.0. The quantitative estimate of drug-likeness (QED) is 0.456. The van der Waals surface area contributed by atoms with Crippen LogP contribution >= 0.6 is 23.1 Å². The van der Waals surface area contributed by atoms with Crippen LogP contribution in [0.4, 0.5) is 16.4 Å². The van der Waals surface area contributed by atoms with Crippen molar-refractivity contribution >= 4 is 45.8 Å². The summed E-state index contributed by atoms with van der Waals surface area (Å²) in [6.45, 7) is 0. The molecule has 0 fully saturated rings. The molecule has 4 heteroatoms. The second kappa shape index (κ2) is 5.06.